The third-order valence-electron chi connectivity index (χ3n) is 6.94. The Hall–Kier alpha value is -2.83. The van der Waals surface area contributed by atoms with Gasteiger partial charge in [-0.05, 0) is 49.4 Å². The maximum Gasteiger partial charge on any atom is 0.269 e. The summed E-state index contributed by atoms with van der Waals surface area (Å²) in [5.74, 6) is 2.43. The number of nitrogens with one attached hydrogen (secondary N) is 2. The van der Waals surface area contributed by atoms with Gasteiger partial charge in [-0.2, -0.15) is 0 Å². The van der Waals surface area contributed by atoms with Crippen LogP contribution in [0.1, 0.15) is 73.6 Å². The Kier molecular flexibility index (Phi) is 7.12. The second-order valence-corrected chi connectivity index (χ2v) is 9.02. The smallest absolute Gasteiger partial charge is 0.269 e. The maximum absolute atomic E-state index is 12.9. The summed E-state index contributed by atoms with van der Waals surface area (Å²) in [6.45, 7) is 1.47. The molecular weight excluding hydrogens is 404 g/mol. The number of methoxy groups -OCH3 is 1. The monoisotopic (exact) mass is 438 g/mol. The van der Waals surface area contributed by atoms with Crippen molar-refractivity contribution in [1.29, 1.82) is 0 Å². The fraction of sp³-hybridized carbons (Fsp3) is 0.560. The zero-order valence-electron chi connectivity index (χ0n) is 19.2. The quantitative estimate of drug-likeness (QED) is 0.681. The number of amides is 2. The van der Waals surface area contributed by atoms with Crippen LogP contribution >= 0.6 is 0 Å². The number of rotatable bonds is 7. The molecule has 172 valence electrons. The molecule has 0 bridgehead atoms. The van der Waals surface area contributed by atoms with Crippen molar-refractivity contribution < 1.29 is 14.3 Å². The molecule has 1 aromatic heterocycles. The number of hydrogen-bond donors (Lipinski definition) is 2. The van der Waals surface area contributed by atoms with E-state index >= 15 is 0 Å². The van der Waals surface area contributed by atoms with Gasteiger partial charge in [0.25, 0.3) is 5.91 Å². The predicted octanol–water partition coefficient (Wildman–Crippen LogP) is 4.12. The molecule has 1 aliphatic carbocycles. The first-order valence-electron chi connectivity index (χ1n) is 11.8. The molecule has 0 radical (unpaired) electrons. The van der Waals surface area contributed by atoms with Crippen LogP contribution in [0.25, 0.3) is 11.3 Å². The molecule has 2 aromatic rings. The summed E-state index contributed by atoms with van der Waals surface area (Å²) < 4.78 is 5.25. The van der Waals surface area contributed by atoms with Crippen molar-refractivity contribution in [3.63, 3.8) is 0 Å². The van der Waals surface area contributed by atoms with Gasteiger partial charge in [0.05, 0.1) is 7.11 Å². The molecule has 1 aliphatic heterocycles. The van der Waals surface area contributed by atoms with Gasteiger partial charge in [-0.15, -0.1) is 0 Å². The molecule has 1 saturated carbocycles. The minimum atomic E-state index is -0.199. The summed E-state index contributed by atoms with van der Waals surface area (Å²) in [7, 11) is 3.24. The number of likely N-dealkylation sites (tertiary alicyclic amines) is 1. The summed E-state index contributed by atoms with van der Waals surface area (Å²) in [6, 6.07) is 7.54. The molecule has 1 atom stereocenters. The van der Waals surface area contributed by atoms with Crippen molar-refractivity contribution >= 4 is 11.8 Å². The lowest BCUT2D eigenvalue weighted by Gasteiger charge is -2.32. The van der Waals surface area contributed by atoms with E-state index in [-0.39, 0.29) is 17.7 Å². The molecule has 2 aliphatic rings. The SMILES string of the molecule is CNC(=O)c1[nH]c(C2CCCN(C(=O)CCC3CCCC3)C2)nc1-c1ccc(OC)cc1. The molecule has 2 heterocycles. The zero-order valence-corrected chi connectivity index (χ0v) is 19.2. The number of piperidine rings is 1. The normalized spacial score (nSPS) is 19.2. The molecule has 1 aromatic carbocycles. The molecule has 7 heteroatoms. The predicted molar refractivity (Wildman–Crippen MR) is 124 cm³/mol. The number of hydrogen-bond acceptors (Lipinski definition) is 4. The molecule has 1 saturated heterocycles. The van der Waals surface area contributed by atoms with Gasteiger partial charge in [-0.25, -0.2) is 4.98 Å². The average molecular weight is 439 g/mol. The number of imidazole rings is 1. The lowest BCUT2D eigenvalue weighted by atomic mass is 9.96. The van der Waals surface area contributed by atoms with Gasteiger partial charge in [-0.3, -0.25) is 9.59 Å². The van der Waals surface area contributed by atoms with Gasteiger partial charge in [0.2, 0.25) is 5.91 Å². The maximum atomic E-state index is 12.9. The van der Waals surface area contributed by atoms with Crippen molar-refractivity contribution in [2.24, 2.45) is 5.92 Å². The van der Waals surface area contributed by atoms with Crippen LogP contribution in [-0.4, -0.2) is 53.9 Å². The minimum Gasteiger partial charge on any atom is -0.497 e. The molecule has 32 heavy (non-hydrogen) atoms. The molecule has 4 rings (SSSR count). The highest BCUT2D eigenvalue weighted by molar-refractivity contribution is 5.98. The summed E-state index contributed by atoms with van der Waals surface area (Å²) >= 11 is 0. The molecule has 2 fully saturated rings. The largest absolute Gasteiger partial charge is 0.497 e. The van der Waals surface area contributed by atoms with Crippen molar-refractivity contribution in [3.8, 4) is 17.0 Å². The first kappa shape index (κ1) is 22.4. The van der Waals surface area contributed by atoms with Crippen molar-refractivity contribution in [2.75, 3.05) is 27.2 Å². The highest BCUT2D eigenvalue weighted by Crippen LogP contribution is 2.32. The minimum absolute atomic E-state index is 0.106. The Balaban J connectivity index is 1.49. The summed E-state index contributed by atoms with van der Waals surface area (Å²) in [4.78, 5) is 35.5. The van der Waals surface area contributed by atoms with E-state index in [1.165, 1.54) is 25.7 Å². The van der Waals surface area contributed by atoms with Gasteiger partial charge >= 0.3 is 0 Å². The molecule has 2 amide bonds. The topological polar surface area (TPSA) is 87.3 Å². The summed E-state index contributed by atoms with van der Waals surface area (Å²) in [5.41, 5.74) is 1.94. The van der Waals surface area contributed by atoms with E-state index in [1.54, 1.807) is 14.2 Å². The van der Waals surface area contributed by atoms with E-state index in [0.29, 0.717) is 24.4 Å². The van der Waals surface area contributed by atoms with E-state index in [4.69, 9.17) is 9.72 Å². The fourth-order valence-electron chi connectivity index (χ4n) is 5.04. The number of carbonyl (C=O) groups excluding carboxylic acids is 2. The fourth-order valence-corrected chi connectivity index (χ4v) is 5.04. The van der Waals surface area contributed by atoms with Gasteiger partial charge < -0.3 is 19.9 Å². The van der Waals surface area contributed by atoms with Crippen molar-refractivity contribution in [3.05, 3.63) is 35.8 Å². The molecule has 0 spiro atoms. The van der Waals surface area contributed by atoms with Crippen LogP contribution in [-0.2, 0) is 4.79 Å². The van der Waals surface area contributed by atoms with E-state index < -0.39 is 0 Å². The molecule has 1 unspecified atom stereocenters. The van der Waals surface area contributed by atoms with E-state index in [1.807, 2.05) is 29.2 Å². The van der Waals surface area contributed by atoms with Gasteiger partial charge in [0.15, 0.2) is 0 Å². The first-order chi connectivity index (χ1) is 15.6. The standard InChI is InChI=1S/C25H34N4O3/c1-26-25(31)23-22(18-10-12-20(32-2)13-11-18)27-24(28-23)19-8-5-15-29(16-19)21(30)14-9-17-6-3-4-7-17/h10-13,17,19H,3-9,14-16H2,1-2H3,(H,26,31)(H,27,28). The van der Waals surface area contributed by atoms with E-state index in [9.17, 15) is 9.59 Å². The Morgan fingerprint density at radius 2 is 1.91 bits per heavy atom. The Bertz CT molecular complexity index is 931. The Morgan fingerprint density at radius 1 is 1.16 bits per heavy atom. The van der Waals surface area contributed by atoms with Gasteiger partial charge in [0, 0.05) is 38.0 Å². The number of benzene rings is 1. The van der Waals surface area contributed by atoms with Crippen LogP contribution in [0, 0.1) is 5.92 Å². The Morgan fingerprint density at radius 3 is 2.59 bits per heavy atom. The molecular formula is C25H34N4O3. The van der Waals surface area contributed by atoms with E-state index in [2.05, 4.69) is 10.3 Å². The van der Waals surface area contributed by atoms with Crippen LogP contribution in [0.5, 0.6) is 5.75 Å². The highest BCUT2D eigenvalue weighted by atomic mass is 16.5. The van der Waals surface area contributed by atoms with E-state index in [0.717, 1.165) is 48.9 Å². The highest BCUT2D eigenvalue weighted by Gasteiger charge is 2.29. The van der Waals surface area contributed by atoms with Crippen LogP contribution < -0.4 is 10.1 Å². The van der Waals surface area contributed by atoms with Crippen molar-refractivity contribution in [2.45, 2.75) is 57.3 Å². The Labute approximate surface area is 189 Å². The third-order valence-corrected chi connectivity index (χ3v) is 6.94. The summed E-state index contributed by atoms with van der Waals surface area (Å²) in [6.07, 6.45) is 8.75. The number of nitrogens with zero attached hydrogens (tertiary/aromatic N) is 2. The van der Waals surface area contributed by atoms with Gasteiger partial charge in [0.1, 0.15) is 23.0 Å². The molecule has 2 N–H and O–H groups in total. The van der Waals surface area contributed by atoms with Crippen LogP contribution in [0.15, 0.2) is 24.3 Å². The first-order valence-corrected chi connectivity index (χ1v) is 11.8. The van der Waals surface area contributed by atoms with Crippen LogP contribution in [0.4, 0.5) is 0 Å². The van der Waals surface area contributed by atoms with Crippen LogP contribution in [0.2, 0.25) is 0 Å². The van der Waals surface area contributed by atoms with Crippen LogP contribution in [0.3, 0.4) is 0 Å². The van der Waals surface area contributed by atoms with Crippen molar-refractivity contribution in [1.82, 2.24) is 20.2 Å². The second-order valence-electron chi connectivity index (χ2n) is 9.02. The van der Waals surface area contributed by atoms with Gasteiger partial charge in [-0.1, -0.05) is 25.7 Å². The second kappa shape index (κ2) is 10.2. The number of ether oxygens (including phenoxy) is 1. The lowest BCUT2D eigenvalue weighted by Crippen LogP contribution is -2.39. The third kappa shape index (κ3) is 4.97. The number of aromatic amines is 1. The number of carbonyl (C=O) groups is 2. The lowest BCUT2D eigenvalue weighted by molar-refractivity contribution is -0.132. The average Bonchev–Trinajstić information content (AvgIpc) is 3.52. The number of aromatic nitrogens is 2. The number of H-pyrrole nitrogens is 1. The zero-order chi connectivity index (χ0) is 22.5. The molecule has 7 nitrogen and oxygen atoms in total. The summed E-state index contributed by atoms with van der Waals surface area (Å²) in [5, 5.41) is 2.70.